The maximum atomic E-state index is 12.1. The van der Waals surface area contributed by atoms with Crippen LogP contribution in [0, 0.1) is 6.92 Å². The van der Waals surface area contributed by atoms with Crippen LogP contribution in [0.25, 0.3) is 6.08 Å². The lowest BCUT2D eigenvalue weighted by atomic mass is 10.1. The molecule has 1 N–H and O–H groups in total. The predicted molar refractivity (Wildman–Crippen MR) is 107 cm³/mol. The molecule has 0 atom stereocenters. The Morgan fingerprint density at radius 2 is 1.93 bits per heavy atom. The zero-order chi connectivity index (χ0) is 19.1. The van der Waals surface area contributed by atoms with Gasteiger partial charge in [0, 0.05) is 24.9 Å². The normalized spacial score (nSPS) is 14.4. The van der Waals surface area contributed by atoms with Crippen molar-refractivity contribution in [1.29, 1.82) is 0 Å². The molecular formula is C21H26N4O2. The van der Waals surface area contributed by atoms with Crippen LogP contribution in [-0.4, -0.2) is 36.1 Å². The number of aromatic nitrogens is 2. The summed E-state index contributed by atoms with van der Waals surface area (Å²) in [4.78, 5) is 23.5. The molecule has 1 aromatic carbocycles. The highest BCUT2D eigenvalue weighted by Gasteiger charge is 2.14. The molecule has 0 radical (unpaired) electrons. The molecule has 1 saturated heterocycles. The number of aryl methyl sites for hydroxylation is 1. The number of rotatable bonds is 6. The van der Waals surface area contributed by atoms with E-state index in [1.54, 1.807) is 13.2 Å². The van der Waals surface area contributed by atoms with E-state index in [-0.39, 0.29) is 5.91 Å². The van der Waals surface area contributed by atoms with Crippen molar-refractivity contribution < 1.29 is 9.53 Å². The quantitative estimate of drug-likeness (QED) is 0.796. The van der Waals surface area contributed by atoms with E-state index in [0.29, 0.717) is 6.54 Å². The lowest BCUT2D eigenvalue weighted by Gasteiger charge is -2.27. The number of piperidine rings is 1. The van der Waals surface area contributed by atoms with E-state index in [0.717, 1.165) is 41.7 Å². The van der Waals surface area contributed by atoms with Crippen LogP contribution in [0.5, 0.6) is 5.75 Å². The van der Waals surface area contributed by atoms with Crippen LogP contribution in [-0.2, 0) is 11.3 Å². The third-order valence-electron chi connectivity index (χ3n) is 4.52. The number of benzene rings is 1. The average molecular weight is 366 g/mol. The van der Waals surface area contributed by atoms with Crippen molar-refractivity contribution in [2.75, 3.05) is 25.1 Å². The smallest absolute Gasteiger partial charge is 0.244 e. The van der Waals surface area contributed by atoms with Gasteiger partial charge in [-0.05, 0) is 56.0 Å². The van der Waals surface area contributed by atoms with Crippen LogP contribution in [0.15, 0.2) is 36.4 Å². The average Bonchev–Trinajstić information content (AvgIpc) is 2.71. The third kappa shape index (κ3) is 5.54. The Labute approximate surface area is 160 Å². The number of methoxy groups -OCH3 is 1. The second-order valence-electron chi connectivity index (χ2n) is 6.67. The molecule has 0 aliphatic carbocycles. The number of carbonyl (C=O) groups excluding carboxylic acids is 1. The molecular weight excluding hydrogens is 340 g/mol. The minimum absolute atomic E-state index is 0.151. The predicted octanol–water partition coefficient (Wildman–Crippen LogP) is 3.11. The summed E-state index contributed by atoms with van der Waals surface area (Å²) in [6.07, 6.45) is 6.94. The van der Waals surface area contributed by atoms with E-state index < -0.39 is 0 Å². The molecule has 0 spiro atoms. The maximum absolute atomic E-state index is 12.1. The minimum Gasteiger partial charge on any atom is -0.497 e. The number of anilines is 1. The Balaban J connectivity index is 1.57. The fourth-order valence-electron chi connectivity index (χ4n) is 3.07. The van der Waals surface area contributed by atoms with E-state index in [1.165, 1.54) is 25.3 Å². The van der Waals surface area contributed by atoms with Gasteiger partial charge in [0.2, 0.25) is 11.9 Å². The number of hydrogen-bond donors (Lipinski definition) is 1. The fraction of sp³-hybridized carbons (Fsp3) is 0.381. The van der Waals surface area contributed by atoms with Gasteiger partial charge in [0.15, 0.2) is 0 Å². The first-order valence-electron chi connectivity index (χ1n) is 9.33. The molecule has 6 heteroatoms. The van der Waals surface area contributed by atoms with Crippen LogP contribution < -0.4 is 15.0 Å². The summed E-state index contributed by atoms with van der Waals surface area (Å²) in [5.41, 5.74) is 2.69. The van der Waals surface area contributed by atoms with E-state index in [9.17, 15) is 4.79 Å². The van der Waals surface area contributed by atoms with Crippen LogP contribution in [0.2, 0.25) is 0 Å². The van der Waals surface area contributed by atoms with Crippen LogP contribution in [0.3, 0.4) is 0 Å². The van der Waals surface area contributed by atoms with Crippen molar-refractivity contribution in [3.8, 4) is 5.75 Å². The molecule has 1 aliphatic heterocycles. The molecule has 0 unspecified atom stereocenters. The standard InChI is InChI=1S/C21H26N4O2/c1-16-14-18(24-21(23-16)25-12-4-3-5-13-25)15-22-20(26)11-8-17-6-9-19(27-2)10-7-17/h6-11,14H,3-5,12-13,15H2,1-2H3,(H,22,26)/b11-8+. The molecule has 6 nitrogen and oxygen atoms in total. The molecule has 0 bridgehead atoms. The van der Waals surface area contributed by atoms with Crippen molar-refractivity contribution in [3.05, 3.63) is 53.4 Å². The number of nitrogens with zero attached hydrogens (tertiary/aromatic N) is 3. The van der Waals surface area contributed by atoms with E-state index >= 15 is 0 Å². The van der Waals surface area contributed by atoms with Gasteiger partial charge in [0.25, 0.3) is 0 Å². The zero-order valence-electron chi connectivity index (χ0n) is 15.9. The Hall–Kier alpha value is -2.89. The summed E-state index contributed by atoms with van der Waals surface area (Å²) in [6.45, 7) is 4.35. The number of ether oxygens (including phenoxy) is 1. The number of amides is 1. The lowest BCUT2D eigenvalue weighted by Crippen LogP contribution is -2.31. The second kappa shape index (κ2) is 9.16. The fourth-order valence-corrected chi connectivity index (χ4v) is 3.07. The molecule has 0 saturated carbocycles. The van der Waals surface area contributed by atoms with Crippen molar-refractivity contribution in [2.24, 2.45) is 0 Å². The molecule has 1 aliphatic rings. The molecule has 3 rings (SSSR count). The van der Waals surface area contributed by atoms with Gasteiger partial charge < -0.3 is 15.0 Å². The first-order chi connectivity index (χ1) is 13.1. The molecule has 1 amide bonds. The summed E-state index contributed by atoms with van der Waals surface area (Å²) >= 11 is 0. The molecule has 142 valence electrons. The number of hydrogen-bond acceptors (Lipinski definition) is 5. The van der Waals surface area contributed by atoms with E-state index in [1.807, 2.05) is 37.3 Å². The summed E-state index contributed by atoms with van der Waals surface area (Å²) < 4.78 is 5.13. The third-order valence-corrected chi connectivity index (χ3v) is 4.52. The minimum atomic E-state index is -0.151. The van der Waals surface area contributed by atoms with Crippen LogP contribution in [0.4, 0.5) is 5.95 Å². The van der Waals surface area contributed by atoms with Gasteiger partial charge in [0.1, 0.15) is 5.75 Å². The topological polar surface area (TPSA) is 67.3 Å². The monoisotopic (exact) mass is 366 g/mol. The van der Waals surface area contributed by atoms with Gasteiger partial charge in [-0.25, -0.2) is 9.97 Å². The van der Waals surface area contributed by atoms with Crippen molar-refractivity contribution >= 4 is 17.9 Å². The molecule has 1 aromatic heterocycles. The van der Waals surface area contributed by atoms with Crippen LogP contribution in [0.1, 0.15) is 36.2 Å². The Bertz CT molecular complexity index is 796. The first-order valence-corrected chi connectivity index (χ1v) is 9.33. The zero-order valence-corrected chi connectivity index (χ0v) is 15.9. The van der Waals surface area contributed by atoms with E-state index in [2.05, 4.69) is 20.2 Å². The highest BCUT2D eigenvalue weighted by atomic mass is 16.5. The number of nitrogens with one attached hydrogen (secondary N) is 1. The van der Waals surface area contributed by atoms with Gasteiger partial charge in [0.05, 0.1) is 19.3 Å². The molecule has 1 fully saturated rings. The lowest BCUT2D eigenvalue weighted by molar-refractivity contribution is -0.116. The molecule has 27 heavy (non-hydrogen) atoms. The Morgan fingerprint density at radius 1 is 1.19 bits per heavy atom. The summed E-state index contributed by atoms with van der Waals surface area (Å²) in [7, 11) is 1.63. The number of carbonyl (C=O) groups is 1. The SMILES string of the molecule is COc1ccc(/C=C/C(=O)NCc2cc(C)nc(N3CCCCC3)n2)cc1. The van der Waals surface area contributed by atoms with Gasteiger partial charge in [-0.15, -0.1) is 0 Å². The van der Waals surface area contributed by atoms with Crippen LogP contribution >= 0.6 is 0 Å². The van der Waals surface area contributed by atoms with E-state index in [4.69, 9.17) is 4.74 Å². The molecule has 2 heterocycles. The summed E-state index contributed by atoms with van der Waals surface area (Å²) in [6, 6.07) is 9.45. The highest BCUT2D eigenvalue weighted by molar-refractivity contribution is 5.91. The molecule has 2 aromatic rings. The Morgan fingerprint density at radius 3 is 2.63 bits per heavy atom. The second-order valence-corrected chi connectivity index (χ2v) is 6.67. The maximum Gasteiger partial charge on any atom is 0.244 e. The summed E-state index contributed by atoms with van der Waals surface area (Å²) in [5.74, 6) is 1.41. The van der Waals surface area contributed by atoms with Gasteiger partial charge >= 0.3 is 0 Å². The largest absolute Gasteiger partial charge is 0.497 e. The summed E-state index contributed by atoms with van der Waals surface area (Å²) in [5, 5.41) is 2.89. The van der Waals surface area contributed by atoms with Gasteiger partial charge in [-0.2, -0.15) is 0 Å². The van der Waals surface area contributed by atoms with Crippen molar-refractivity contribution in [1.82, 2.24) is 15.3 Å². The van der Waals surface area contributed by atoms with Crippen molar-refractivity contribution in [3.63, 3.8) is 0 Å². The Kier molecular flexibility index (Phi) is 6.41. The first kappa shape index (κ1) is 18.9. The van der Waals surface area contributed by atoms with Gasteiger partial charge in [-0.3, -0.25) is 4.79 Å². The highest BCUT2D eigenvalue weighted by Crippen LogP contribution is 2.16. The van der Waals surface area contributed by atoms with Crippen molar-refractivity contribution in [2.45, 2.75) is 32.7 Å². The van der Waals surface area contributed by atoms with Gasteiger partial charge in [-0.1, -0.05) is 12.1 Å².